The molecule has 1 aromatic rings. The molecule has 0 aliphatic rings. The molecule has 0 fully saturated rings. The fourth-order valence-electron chi connectivity index (χ4n) is 0.710. The van der Waals surface area contributed by atoms with Gasteiger partial charge in [-0.15, -0.1) is 0 Å². The van der Waals surface area contributed by atoms with Crippen LogP contribution < -0.4 is 0 Å². The first-order valence-electron chi connectivity index (χ1n) is 3.04. The van der Waals surface area contributed by atoms with Gasteiger partial charge in [-0.25, -0.2) is 0 Å². The Bertz CT molecular complexity index is 341. The molecule has 1 N–H and O–H groups in total. The van der Waals surface area contributed by atoms with E-state index in [2.05, 4.69) is 0 Å². The molecule has 61 valence electrons. The zero-order valence-electron chi connectivity index (χ0n) is 6.98. The van der Waals surface area contributed by atoms with Crippen molar-refractivity contribution in [1.29, 1.82) is 0 Å². The van der Waals surface area contributed by atoms with Crippen molar-refractivity contribution in [3.05, 3.63) is 29.8 Å². The summed E-state index contributed by atoms with van der Waals surface area (Å²) < 4.78 is 29.6. The van der Waals surface area contributed by atoms with Crippen LogP contribution in [0.1, 0.15) is 5.56 Å². The van der Waals surface area contributed by atoms with Crippen LogP contribution in [0.5, 0.6) is 0 Å². The van der Waals surface area contributed by atoms with Crippen molar-refractivity contribution in [2.45, 2.75) is 11.8 Å². The number of hydrogen-bond acceptors (Lipinski definition) is 2. The third kappa shape index (κ3) is 3.65. The second-order valence-corrected chi connectivity index (χ2v) is 3.71. The summed E-state index contributed by atoms with van der Waals surface area (Å²) in [5, 5.41) is 0. The third-order valence-electron chi connectivity index (χ3n) is 1.32. The Morgan fingerprint density at radius 3 is 1.92 bits per heavy atom. The normalized spacial score (nSPS) is 10.5. The number of rotatable bonds is 1. The third-order valence-corrected chi connectivity index (χ3v) is 2.19. The summed E-state index contributed by atoms with van der Waals surface area (Å²) in [5.41, 5.74) is 0.956. The Labute approximate surface area is 114 Å². The maximum atomic E-state index is 10.5. The van der Waals surface area contributed by atoms with Crippen molar-refractivity contribution in [1.82, 2.24) is 0 Å². The van der Waals surface area contributed by atoms with E-state index in [-0.39, 0.29) is 56.3 Å². The van der Waals surface area contributed by atoms with E-state index in [1.165, 1.54) is 12.1 Å². The molecule has 0 saturated heterocycles. The summed E-state index contributed by atoms with van der Waals surface area (Å²) in [6.45, 7) is 1.84. The first kappa shape index (κ1) is 12.8. The van der Waals surface area contributed by atoms with E-state index >= 15 is 0 Å². The Hall–Kier alpha value is 0.766. The van der Waals surface area contributed by atoms with Gasteiger partial charge in [0.2, 0.25) is 0 Å². The summed E-state index contributed by atoms with van der Waals surface area (Å²) >= 11 is 0. The summed E-state index contributed by atoms with van der Waals surface area (Å²) in [6, 6.07) is 5.99. The molecule has 0 atom stereocenters. The van der Waals surface area contributed by atoms with E-state index in [1.807, 2.05) is 6.92 Å². The van der Waals surface area contributed by atoms with Crippen LogP contribution in [0, 0.1) is 6.92 Å². The predicted molar refractivity (Wildman–Crippen MR) is 46.7 cm³/mol. The van der Waals surface area contributed by atoms with Crippen molar-refractivity contribution in [2.75, 3.05) is 0 Å². The monoisotopic (exact) mass is 211 g/mol. The van der Waals surface area contributed by atoms with E-state index in [0.29, 0.717) is 0 Å². The minimum absolute atomic E-state index is 0. The van der Waals surface area contributed by atoms with Gasteiger partial charge in [0.1, 0.15) is 0 Å². The van der Waals surface area contributed by atoms with Gasteiger partial charge >= 0.3 is 0 Å². The molecule has 0 amide bonds. The maximum absolute atomic E-state index is 10.5. The summed E-state index contributed by atoms with van der Waals surface area (Å²) in [5.74, 6) is 0. The Balaban J connectivity index is 0.00000121. The topological polar surface area (TPSA) is 54.4 Å². The molecule has 1 rings (SSSR count). The first-order chi connectivity index (χ1) is 5.00. The molecule has 0 aliphatic heterocycles. The molecule has 1 aromatic carbocycles. The molecular formula is C7H8KO3S. The zero-order chi connectivity index (χ0) is 8.48. The Kier molecular flexibility index (Phi) is 5.16. The van der Waals surface area contributed by atoms with Gasteiger partial charge in [-0.3, -0.25) is 4.55 Å². The van der Waals surface area contributed by atoms with Gasteiger partial charge in [0.15, 0.2) is 0 Å². The van der Waals surface area contributed by atoms with Gasteiger partial charge in [0.25, 0.3) is 10.1 Å². The molecule has 0 unspecified atom stereocenters. The minimum atomic E-state index is -4.02. The Morgan fingerprint density at radius 1 is 1.17 bits per heavy atom. The van der Waals surface area contributed by atoms with E-state index in [9.17, 15) is 8.42 Å². The smallest absolute Gasteiger partial charge is 0.282 e. The number of benzene rings is 1. The van der Waals surface area contributed by atoms with Crippen LogP contribution in [0.2, 0.25) is 0 Å². The summed E-state index contributed by atoms with van der Waals surface area (Å²) in [7, 11) is -4.02. The molecule has 0 saturated carbocycles. The van der Waals surface area contributed by atoms with Gasteiger partial charge in [-0.05, 0) is 19.1 Å². The number of hydrogen-bond donors (Lipinski definition) is 1. The largest absolute Gasteiger partial charge is 0.294 e. The van der Waals surface area contributed by atoms with E-state index < -0.39 is 10.1 Å². The van der Waals surface area contributed by atoms with E-state index in [4.69, 9.17) is 4.55 Å². The van der Waals surface area contributed by atoms with Gasteiger partial charge in [-0.2, -0.15) is 8.42 Å². The maximum Gasteiger partial charge on any atom is 0.294 e. The average molecular weight is 211 g/mol. The van der Waals surface area contributed by atoms with Gasteiger partial charge in [0.05, 0.1) is 4.90 Å². The Morgan fingerprint density at radius 2 is 1.58 bits per heavy atom. The van der Waals surface area contributed by atoms with Crippen molar-refractivity contribution >= 4 is 61.5 Å². The number of aryl methyl sites for hydroxylation is 1. The quantitative estimate of drug-likeness (QED) is 0.553. The molecule has 0 spiro atoms. The SMILES string of the molecule is Cc1ccc(S(=O)(=O)O)cc1.[K]. The fourth-order valence-corrected chi connectivity index (χ4v) is 1.19. The van der Waals surface area contributed by atoms with Crippen LogP contribution in [0.15, 0.2) is 29.2 Å². The van der Waals surface area contributed by atoms with Crippen molar-refractivity contribution in [3.63, 3.8) is 0 Å². The van der Waals surface area contributed by atoms with E-state index in [0.717, 1.165) is 5.56 Å². The fraction of sp³-hybridized carbons (Fsp3) is 0.143. The molecule has 0 aromatic heterocycles. The minimum Gasteiger partial charge on any atom is -0.282 e. The molecule has 0 bridgehead atoms. The van der Waals surface area contributed by atoms with Crippen molar-refractivity contribution in [3.8, 4) is 0 Å². The standard InChI is InChI=1S/C7H8O3S.K/c1-6-2-4-7(5-3-6)11(8,9)10;/h2-5H,1H3,(H,8,9,10);. The van der Waals surface area contributed by atoms with Crippen LogP contribution >= 0.6 is 0 Å². The first-order valence-corrected chi connectivity index (χ1v) is 4.48. The van der Waals surface area contributed by atoms with Crippen LogP contribution in [0.25, 0.3) is 0 Å². The van der Waals surface area contributed by atoms with Crippen molar-refractivity contribution in [2.24, 2.45) is 0 Å². The molecule has 0 aliphatic carbocycles. The van der Waals surface area contributed by atoms with Crippen LogP contribution in [-0.4, -0.2) is 64.4 Å². The van der Waals surface area contributed by atoms with Crippen LogP contribution in [-0.2, 0) is 10.1 Å². The molecule has 3 nitrogen and oxygen atoms in total. The molecule has 1 radical (unpaired) electrons. The second-order valence-electron chi connectivity index (χ2n) is 2.29. The molecular weight excluding hydrogens is 203 g/mol. The molecule has 0 heterocycles. The molecule has 5 heteroatoms. The second kappa shape index (κ2) is 4.85. The van der Waals surface area contributed by atoms with Crippen LogP contribution in [0.4, 0.5) is 0 Å². The summed E-state index contributed by atoms with van der Waals surface area (Å²) in [6.07, 6.45) is 0. The van der Waals surface area contributed by atoms with Gasteiger partial charge in [0, 0.05) is 51.4 Å². The van der Waals surface area contributed by atoms with Gasteiger partial charge in [-0.1, -0.05) is 17.7 Å². The molecule has 12 heavy (non-hydrogen) atoms. The summed E-state index contributed by atoms with van der Waals surface area (Å²) in [4.78, 5) is -0.0666. The predicted octanol–water partition coefficient (Wildman–Crippen LogP) is 0.861. The van der Waals surface area contributed by atoms with E-state index in [1.54, 1.807) is 12.1 Å². The average Bonchev–Trinajstić information content (AvgIpc) is 1.86. The zero-order valence-corrected chi connectivity index (χ0v) is 10.9. The van der Waals surface area contributed by atoms with Crippen LogP contribution in [0.3, 0.4) is 0 Å². The van der Waals surface area contributed by atoms with Gasteiger partial charge < -0.3 is 0 Å². The van der Waals surface area contributed by atoms with Crippen molar-refractivity contribution < 1.29 is 13.0 Å².